The lowest BCUT2D eigenvalue weighted by Gasteiger charge is -2.30. The van der Waals surface area contributed by atoms with Crippen molar-refractivity contribution in [2.24, 2.45) is 0 Å². The first-order chi connectivity index (χ1) is 27.9. The molecule has 1 aromatic heterocycles. The van der Waals surface area contributed by atoms with Crippen LogP contribution in [0.2, 0.25) is 0 Å². The van der Waals surface area contributed by atoms with Crippen LogP contribution in [0.5, 0.6) is 0 Å². The van der Waals surface area contributed by atoms with Gasteiger partial charge in [-0.2, -0.15) is 0 Å². The standard InChI is InChI=1S/C55H44N2/c1-5-6-17-37(2)56-52-27-15-13-25-48(52)49-35-40(28-32-54(49)56)43-31-33-53(47-24-11-10-22-44(43)47)57(41-21-16-20-39(34-41)38-18-8-7-9-19-38)42-29-30-46-45-23-12-14-26-50(45)55(3,4)51(46)36-42/h5-36H,1-4H3/b6-5-,37-17+. The van der Waals surface area contributed by atoms with Crippen molar-refractivity contribution in [2.45, 2.75) is 33.1 Å². The molecule has 0 saturated heterocycles. The van der Waals surface area contributed by atoms with E-state index in [9.17, 15) is 0 Å². The number of nitrogens with zero attached hydrogens (tertiary/aromatic N) is 2. The molecule has 0 fully saturated rings. The fourth-order valence-electron chi connectivity index (χ4n) is 9.27. The average molecular weight is 733 g/mol. The molecule has 0 bridgehead atoms. The molecule has 0 unspecified atom stereocenters. The number of hydrogen-bond donors (Lipinski definition) is 0. The summed E-state index contributed by atoms with van der Waals surface area (Å²) in [6.45, 7) is 8.97. The normalized spacial score (nSPS) is 13.4. The first-order valence-electron chi connectivity index (χ1n) is 20.0. The largest absolute Gasteiger partial charge is 0.313 e. The summed E-state index contributed by atoms with van der Waals surface area (Å²) in [7, 11) is 0. The van der Waals surface area contributed by atoms with E-state index in [0.717, 1.165) is 17.1 Å². The number of anilines is 3. The second kappa shape index (κ2) is 13.7. The minimum absolute atomic E-state index is 0.117. The van der Waals surface area contributed by atoms with E-state index in [0.29, 0.717) is 0 Å². The van der Waals surface area contributed by atoms with Crippen LogP contribution in [0.25, 0.3) is 71.7 Å². The number of para-hydroxylation sites is 1. The number of fused-ring (bicyclic) bond motifs is 7. The van der Waals surface area contributed by atoms with Crippen molar-refractivity contribution in [1.29, 1.82) is 0 Å². The Hall–Kier alpha value is -6.90. The van der Waals surface area contributed by atoms with Gasteiger partial charge in [0.15, 0.2) is 0 Å². The Balaban J connectivity index is 1.17. The van der Waals surface area contributed by atoms with Gasteiger partial charge in [-0.05, 0) is 118 Å². The summed E-state index contributed by atoms with van der Waals surface area (Å²) in [4.78, 5) is 2.47. The Morgan fingerprint density at radius 2 is 1.16 bits per heavy atom. The van der Waals surface area contributed by atoms with Gasteiger partial charge >= 0.3 is 0 Å². The summed E-state index contributed by atoms with van der Waals surface area (Å²) in [6, 6.07) is 65.0. The van der Waals surface area contributed by atoms with Crippen LogP contribution in [-0.4, -0.2) is 4.57 Å². The van der Waals surface area contributed by atoms with Crippen LogP contribution in [0.15, 0.2) is 194 Å². The fraction of sp³-hybridized carbons (Fsp3) is 0.0909. The molecular weight excluding hydrogens is 689 g/mol. The van der Waals surface area contributed by atoms with Crippen LogP contribution in [-0.2, 0) is 5.41 Å². The Bertz CT molecular complexity index is 3070. The maximum Gasteiger partial charge on any atom is 0.0540 e. The highest BCUT2D eigenvalue weighted by atomic mass is 15.1. The Labute approximate surface area is 335 Å². The fourth-order valence-corrected chi connectivity index (χ4v) is 9.27. The van der Waals surface area contributed by atoms with Gasteiger partial charge in [-0.3, -0.25) is 0 Å². The SMILES string of the molecule is C/C=C\C=C(/C)n1c2ccccc2c2cc(-c3ccc(N(c4cccc(-c5ccccc5)c4)c4ccc5c(c4)C(C)(C)c4ccccc4-5)c4ccccc34)ccc21. The molecule has 57 heavy (non-hydrogen) atoms. The summed E-state index contributed by atoms with van der Waals surface area (Å²) < 4.78 is 2.38. The van der Waals surface area contributed by atoms with Gasteiger partial charge in [0.05, 0.1) is 16.7 Å². The molecule has 0 amide bonds. The lowest BCUT2D eigenvalue weighted by atomic mass is 9.82. The van der Waals surface area contributed by atoms with Crippen LogP contribution in [0.3, 0.4) is 0 Å². The van der Waals surface area contributed by atoms with Gasteiger partial charge in [0.2, 0.25) is 0 Å². The van der Waals surface area contributed by atoms with E-state index in [-0.39, 0.29) is 5.41 Å². The summed E-state index contributed by atoms with van der Waals surface area (Å²) in [5.41, 5.74) is 17.1. The molecule has 0 N–H and O–H groups in total. The van der Waals surface area contributed by atoms with Gasteiger partial charge in [0.25, 0.3) is 0 Å². The van der Waals surface area contributed by atoms with Gasteiger partial charge in [-0.25, -0.2) is 0 Å². The van der Waals surface area contributed by atoms with Crippen LogP contribution in [0.4, 0.5) is 17.1 Å². The second-order valence-corrected chi connectivity index (χ2v) is 15.7. The van der Waals surface area contributed by atoms with Crippen molar-refractivity contribution in [3.8, 4) is 33.4 Å². The molecule has 0 aliphatic heterocycles. The van der Waals surface area contributed by atoms with Crippen molar-refractivity contribution < 1.29 is 0 Å². The van der Waals surface area contributed by atoms with E-state index in [1.807, 2.05) is 0 Å². The highest BCUT2D eigenvalue weighted by molar-refractivity contribution is 6.13. The molecule has 2 heteroatoms. The number of rotatable bonds is 7. The summed E-state index contributed by atoms with van der Waals surface area (Å²) in [5.74, 6) is 0. The van der Waals surface area contributed by atoms with Gasteiger partial charge < -0.3 is 9.47 Å². The van der Waals surface area contributed by atoms with Crippen LogP contribution in [0.1, 0.15) is 38.8 Å². The molecule has 0 saturated carbocycles. The van der Waals surface area contributed by atoms with E-state index in [2.05, 4.69) is 231 Å². The van der Waals surface area contributed by atoms with E-state index >= 15 is 0 Å². The Kier molecular flexibility index (Phi) is 8.30. The minimum Gasteiger partial charge on any atom is -0.313 e. The molecule has 1 aliphatic rings. The minimum atomic E-state index is -0.117. The lowest BCUT2D eigenvalue weighted by molar-refractivity contribution is 0.660. The zero-order valence-electron chi connectivity index (χ0n) is 32.9. The molecule has 1 aliphatic carbocycles. The van der Waals surface area contributed by atoms with Gasteiger partial charge in [-0.15, -0.1) is 0 Å². The van der Waals surface area contributed by atoms with E-state index < -0.39 is 0 Å². The highest BCUT2D eigenvalue weighted by Crippen LogP contribution is 2.51. The molecule has 0 atom stereocenters. The quantitative estimate of drug-likeness (QED) is 0.148. The van der Waals surface area contributed by atoms with E-state index in [1.54, 1.807) is 0 Å². The maximum absolute atomic E-state index is 2.47. The first-order valence-corrected chi connectivity index (χ1v) is 20.0. The predicted molar refractivity (Wildman–Crippen MR) is 245 cm³/mol. The number of hydrogen-bond acceptors (Lipinski definition) is 1. The molecule has 2 nitrogen and oxygen atoms in total. The average Bonchev–Trinajstić information content (AvgIpc) is 3.71. The van der Waals surface area contributed by atoms with E-state index in [4.69, 9.17) is 0 Å². The second-order valence-electron chi connectivity index (χ2n) is 15.7. The van der Waals surface area contributed by atoms with Crippen molar-refractivity contribution >= 4 is 55.3 Å². The predicted octanol–water partition coefficient (Wildman–Crippen LogP) is 15.5. The molecule has 9 aromatic rings. The van der Waals surface area contributed by atoms with Crippen molar-refractivity contribution in [2.75, 3.05) is 4.90 Å². The molecule has 8 aromatic carbocycles. The molecule has 0 radical (unpaired) electrons. The number of aromatic nitrogens is 1. The number of benzene rings is 8. The van der Waals surface area contributed by atoms with Crippen LogP contribution < -0.4 is 4.90 Å². The molecule has 10 rings (SSSR count). The van der Waals surface area contributed by atoms with E-state index in [1.165, 1.54) is 82.8 Å². The zero-order valence-corrected chi connectivity index (χ0v) is 32.9. The van der Waals surface area contributed by atoms with Gasteiger partial charge in [-0.1, -0.05) is 153 Å². The third kappa shape index (κ3) is 5.63. The van der Waals surface area contributed by atoms with Crippen molar-refractivity contribution in [1.82, 2.24) is 4.57 Å². The molecule has 0 spiro atoms. The maximum atomic E-state index is 2.47. The van der Waals surface area contributed by atoms with Gasteiger partial charge in [0, 0.05) is 38.6 Å². The van der Waals surface area contributed by atoms with Crippen LogP contribution >= 0.6 is 0 Å². The molecular formula is C55H44N2. The number of allylic oxidation sites excluding steroid dienone is 4. The summed E-state index contributed by atoms with van der Waals surface area (Å²) in [5, 5.41) is 4.94. The lowest BCUT2D eigenvalue weighted by Crippen LogP contribution is -2.16. The smallest absolute Gasteiger partial charge is 0.0540 e. The highest BCUT2D eigenvalue weighted by Gasteiger charge is 2.36. The first kappa shape index (κ1) is 34.6. The Morgan fingerprint density at radius 3 is 2.00 bits per heavy atom. The molecule has 274 valence electrons. The third-order valence-electron chi connectivity index (χ3n) is 12.0. The Morgan fingerprint density at radius 1 is 0.491 bits per heavy atom. The summed E-state index contributed by atoms with van der Waals surface area (Å²) >= 11 is 0. The zero-order chi connectivity index (χ0) is 38.7. The van der Waals surface area contributed by atoms with Crippen molar-refractivity contribution in [3.63, 3.8) is 0 Å². The summed E-state index contributed by atoms with van der Waals surface area (Å²) in [6.07, 6.45) is 6.38. The van der Waals surface area contributed by atoms with Gasteiger partial charge in [0.1, 0.15) is 0 Å². The topological polar surface area (TPSA) is 8.17 Å². The molecule has 1 heterocycles. The third-order valence-corrected chi connectivity index (χ3v) is 12.0. The van der Waals surface area contributed by atoms with Crippen molar-refractivity contribution in [3.05, 3.63) is 205 Å². The van der Waals surface area contributed by atoms with Crippen LogP contribution in [0, 0.1) is 0 Å². The monoisotopic (exact) mass is 732 g/mol.